The van der Waals surface area contributed by atoms with Crippen LogP contribution in [0.15, 0.2) is 0 Å². The summed E-state index contributed by atoms with van der Waals surface area (Å²) >= 11 is 0. The van der Waals surface area contributed by atoms with E-state index in [-0.39, 0.29) is 0 Å². The highest BCUT2D eigenvalue weighted by molar-refractivity contribution is 5.76. The molecule has 0 bridgehead atoms. The lowest BCUT2D eigenvalue weighted by Gasteiger charge is -2.24. The molecule has 0 aromatic heterocycles. The molecule has 2 saturated heterocycles. The van der Waals surface area contributed by atoms with E-state index in [1.54, 1.807) is 0 Å². The van der Waals surface area contributed by atoms with Crippen LogP contribution in [0.1, 0.15) is 57.8 Å². The summed E-state index contributed by atoms with van der Waals surface area (Å²) in [6.07, 6.45) is 11.4. The smallest absolute Gasteiger partial charge is 0.222 e. The standard InChI is InChI=1S/C16H28N2O/c19-16(9-8-13-5-2-1-3-6-13)18-11-14-7-4-10-17-15(14)12-18/h13-15,17H,1-12H2. The van der Waals surface area contributed by atoms with E-state index < -0.39 is 0 Å². The Bertz CT molecular complexity index is 298. The molecule has 2 unspecified atom stereocenters. The largest absolute Gasteiger partial charge is 0.341 e. The predicted octanol–water partition coefficient (Wildman–Crippen LogP) is 2.56. The number of carbonyl (C=O) groups is 1. The first-order valence-electron chi connectivity index (χ1n) is 8.34. The molecule has 1 N–H and O–H groups in total. The zero-order valence-corrected chi connectivity index (χ0v) is 12.1. The van der Waals surface area contributed by atoms with Crippen LogP contribution in [0, 0.1) is 11.8 Å². The van der Waals surface area contributed by atoms with E-state index in [9.17, 15) is 4.79 Å². The first-order valence-corrected chi connectivity index (χ1v) is 8.34. The van der Waals surface area contributed by atoms with Crippen LogP contribution in [0.3, 0.4) is 0 Å². The lowest BCUT2D eigenvalue weighted by Crippen LogP contribution is -2.41. The molecule has 0 radical (unpaired) electrons. The van der Waals surface area contributed by atoms with Crippen molar-refractivity contribution in [3.63, 3.8) is 0 Å². The molecule has 2 heterocycles. The van der Waals surface area contributed by atoms with Gasteiger partial charge in [0.1, 0.15) is 0 Å². The van der Waals surface area contributed by atoms with Crippen molar-refractivity contribution in [3.8, 4) is 0 Å². The van der Waals surface area contributed by atoms with Gasteiger partial charge in [-0.3, -0.25) is 4.79 Å². The Hall–Kier alpha value is -0.570. The average molecular weight is 264 g/mol. The minimum absolute atomic E-state index is 0.418. The molecule has 1 aliphatic carbocycles. The van der Waals surface area contributed by atoms with Crippen LogP contribution in [0.4, 0.5) is 0 Å². The normalized spacial score (nSPS) is 32.3. The van der Waals surface area contributed by atoms with E-state index in [2.05, 4.69) is 10.2 Å². The van der Waals surface area contributed by atoms with Crippen molar-refractivity contribution >= 4 is 5.91 Å². The molecule has 3 nitrogen and oxygen atoms in total. The highest BCUT2D eigenvalue weighted by Crippen LogP contribution is 2.29. The molecule has 2 aliphatic heterocycles. The lowest BCUT2D eigenvalue weighted by atomic mass is 9.86. The summed E-state index contributed by atoms with van der Waals surface area (Å²) in [6, 6.07) is 0.590. The Morgan fingerprint density at radius 3 is 2.68 bits per heavy atom. The van der Waals surface area contributed by atoms with Crippen molar-refractivity contribution in [2.24, 2.45) is 11.8 Å². The number of rotatable bonds is 3. The number of nitrogens with one attached hydrogen (secondary N) is 1. The molecular formula is C16H28N2O. The van der Waals surface area contributed by atoms with Crippen LogP contribution in [-0.2, 0) is 4.79 Å². The van der Waals surface area contributed by atoms with E-state index >= 15 is 0 Å². The Balaban J connectivity index is 1.43. The zero-order chi connectivity index (χ0) is 13.1. The SMILES string of the molecule is O=C(CCC1CCCCC1)N1CC2CCCNC2C1. The van der Waals surface area contributed by atoms with Gasteiger partial charge in [-0.05, 0) is 37.6 Å². The molecule has 3 fully saturated rings. The third kappa shape index (κ3) is 3.31. The second kappa shape index (κ2) is 6.25. The molecule has 1 saturated carbocycles. The van der Waals surface area contributed by atoms with Gasteiger partial charge in [0.25, 0.3) is 0 Å². The van der Waals surface area contributed by atoms with E-state index in [1.807, 2.05) is 0 Å². The molecule has 1 amide bonds. The van der Waals surface area contributed by atoms with Crippen molar-refractivity contribution in [1.29, 1.82) is 0 Å². The molecule has 0 spiro atoms. The predicted molar refractivity (Wildman–Crippen MR) is 76.9 cm³/mol. The van der Waals surface area contributed by atoms with Crippen LogP contribution in [0.5, 0.6) is 0 Å². The average Bonchev–Trinajstić information content (AvgIpc) is 2.90. The van der Waals surface area contributed by atoms with Crippen LogP contribution in [-0.4, -0.2) is 36.5 Å². The number of amides is 1. The fourth-order valence-corrected chi connectivity index (χ4v) is 4.21. The molecule has 3 aliphatic rings. The van der Waals surface area contributed by atoms with Gasteiger partial charge in [0, 0.05) is 25.6 Å². The highest BCUT2D eigenvalue weighted by Gasteiger charge is 2.36. The number of hydrogen-bond acceptors (Lipinski definition) is 2. The third-order valence-electron chi connectivity index (χ3n) is 5.44. The van der Waals surface area contributed by atoms with Gasteiger partial charge in [0.2, 0.25) is 5.91 Å². The Morgan fingerprint density at radius 2 is 1.89 bits per heavy atom. The van der Waals surface area contributed by atoms with Crippen molar-refractivity contribution in [2.75, 3.05) is 19.6 Å². The Morgan fingerprint density at radius 1 is 1.05 bits per heavy atom. The number of hydrogen-bond donors (Lipinski definition) is 1. The molecule has 3 heteroatoms. The molecular weight excluding hydrogens is 236 g/mol. The third-order valence-corrected chi connectivity index (χ3v) is 5.44. The molecule has 19 heavy (non-hydrogen) atoms. The van der Waals surface area contributed by atoms with Crippen LogP contribution in [0.25, 0.3) is 0 Å². The summed E-state index contributed by atoms with van der Waals surface area (Å²) in [7, 11) is 0. The molecule has 2 atom stereocenters. The number of carbonyl (C=O) groups excluding carboxylic acids is 1. The van der Waals surface area contributed by atoms with Gasteiger partial charge in [-0.2, -0.15) is 0 Å². The van der Waals surface area contributed by atoms with Gasteiger partial charge in [0.15, 0.2) is 0 Å². The quantitative estimate of drug-likeness (QED) is 0.849. The molecule has 0 aromatic carbocycles. The maximum atomic E-state index is 12.3. The summed E-state index contributed by atoms with van der Waals surface area (Å²) in [5.74, 6) is 1.98. The monoisotopic (exact) mass is 264 g/mol. The summed E-state index contributed by atoms with van der Waals surface area (Å²) in [6.45, 7) is 3.13. The highest BCUT2D eigenvalue weighted by atomic mass is 16.2. The fraction of sp³-hybridized carbons (Fsp3) is 0.938. The fourth-order valence-electron chi connectivity index (χ4n) is 4.21. The summed E-state index contributed by atoms with van der Waals surface area (Å²) in [4.78, 5) is 14.5. The first-order chi connectivity index (χ1) is 9.33. The van der Waals surface area contributed by atoms with Gasteiger partial charge in [-0.15, -0.1) is 0 Å². The van der Waals surface area contributed by atoms with Crippen molar-refractivity contribution in [1.82, 2.24) is 10.2 Å². The maximum absolute atomic E-state index is 12.3. The second-order valence-electron chi connectivity index (χ2n) is 6.80. The zero-order valence-electron chi connectivity index (χ0n) is 12.1. The summed E-state index contributed by atoms with van der Waals surface area (Å²) < 4.78 is 0. The second-order valence-corrected chi connectivity index (χ2v) is 6.80. The van der Waals surface area contributed by atoms with Crippen LogP contribution < -0.4 is 5.32 Å². The van der Waals surface area contributed by atoms with Gasteiger partial charge >= 0.3 is 0 Å². The summed E-state index contributed by atoms with van der Waals surface area (Å²) in [5, 5.41) is 3.58. The van der Waals surface area contributed by atoms with E-state index in [4.69, 9.17) is 0 Å². The molecule has 0 aromatic rings. The minimum atomic E-state index is 0.418. The number of piperidine rings is 1. The van der Waals surface area contributed by atoms with Crippen LogP contribution >= 0.6 is 0 Å². The number of likely N-dealkylation sites (tertiary alicyclic amines) is 1. The topological polar surface area (TPSA) is 32.3 Å². The minimum Gasteiger partial charge on any atom is -0.341 e. The van der Waals surface area contributed by atoms with Crippen molar-refractivity contribution in [2.45, 2.75) is 63.8 Å². The number of fused-ring (bicyclic) bond motifs is 1. The van der Waals surface area contributed by atoms with Crippen LogP contribution in [0.2, 0.25) is 0 Å². The van der Waals surface area contributed by atoms with Crippen molar-refractivity contribution in [3.05, 3.63) is 0 Å². The Labute approximate surface area is 117 Å². The van der Waals surface area contributed by atoms with E-state index in [0.717, 1.165) is 44.3 Å². The van der Waals surface area contributed by atoms with E-state index in [1.165, 1.54) is 44.9 Å². The van der Waals surface area contributed by atoms with Gasteiger partial charge in [0.05, 0.1) is 0 Å². The lowest BCUT2D eigenvalue weighted by molar-refractivity contribution is -0.130. The van der Waals surface area contributed by atoms with Gasteiger partial charge in [-0.25, -0.2) is 0 Å². The van der Waals surface area contributed by atoms with Gasteiger partial charge in [-0.1, -0.05) is 32.1 Å². The van der Waals surface area contributed by atoms with E-state index in [0.29, 0.717) is 11.9 Å². The summed E-state index contributed by atoms with van der Waals surface area (Å²) in [5.41, 5.74) is 0. The number of nitrogens with zero attached hydrogens (tertiary/aromatic N) is 1. The molecule has 3 rings (SSSR count). The Kier molecular flexibility index (Phi) is 4.42. The first kappa shape index (κ1) is 13.4. The molecule has 108 valence electrons. The van der Waals surface area contributed by atoms with Gasteiger partial charge < -0.3 is 10.2 Å². The maximum Gasteiger partial charge on any atom is 0.222 e. The van der Waals surface area contributed by atoms with Crippen molar-refractivity contribution < 1.29 is 4.79 Å².